The third-order valence-corrected chi connectivity index (χ3v) is 5.06. The number of fused-ring (bicyclic) bond motifs is 3. The van der Waals surface area contributed by atoms with Gasteiger partial charge in [0.15, 0.2) is 5.76 Å². The van der Waals surface area contributed by atoms with Gasteiger partial charge in [0.2, 0.25) is 0 Å². The second kappa shape index (κ2) is 6.95. The first kappa shape index (κ1) is 17.3. The average molecular weight is 382 g/mol. The molecule has 0 aliphatic carbocycles. The molecular formula is C24H18N2O3. The van der Waals surface area contributed by atoms with Crippen molar-refractivity contribution in [3.8, 4) is 11.5 Å². The molecule has 1 aliphatic rings. The summed E-state index contributed by atoms with van der Waals surface area (Å²) in [5.74, 6) is 1.28. The number of carbonyl (C=O) groups is 1. The van der Waals surface area contributed by atoms with Crippen LogP contribution in [0.5, 0.6) is 11.5 Å². The number of hydrogen-bond donors (Lipinski definition) is 1. The molecule has 2 heterocycles. The standard InChI is InChI=1S/C24H18N2O3/c1-15(22-14-16-8-2-5-11-19(16)28-22)25-26-24(27)23-17-9-3-6-12-20(17)29-21-13-7-4-10-18(21)23/h2-14,23H,1H3,(H,26,27)/b25-15-. The van der Waals surface area contributed by atoms with Crippen LogP contribution in [0.1, 0.15) is 29.7 Å². The summed E-state index contributed by atoms with van der Waals surface area (Å²) >= 11 is 0. The fourth-order valence-electron chi connectivity index (χ4n) is 3.61. The second-order valence-corrected chi connectivity index (χ2v) is 6.93. The summed E-state index contributed by atoms with van der Waals surface area (Å²) in [5.41, 5.74) is 5.74. The predicted molar refractivity (Wildman–Crippen MR) is 111 cm³/mol. The van der Waals surface area contributed by atoms with Gasteiger partial charge in [-0.2, -0.15) is 5.10 Å². The lowest BCUT2D eigenvalue weighted by Gasteiger charge is -2.26. The van der Waals surface area contributed by atoms with Crippen LogP contribution in [0.3, 0.4) is 0 Å². The van der Waals surface area contributed by atoms with Crippen LogP contribution in [0.25, 0.3) is 11.0 Å². The number of benzene rings is 3. The van der Waals surface area contributed by atoms with Gasteiger partial charge in [0.05, 0.1) is 5.92 Å². The number of furan rings is 1. The lowest BCUT2D eigenvalue weighted by Crippen LogP contribution is -2.29. The van der Waals surface area contributed by atoms with Gasteiger partial charge in [0, 0.05) is 16.5 Å². The molecule has 0 saturated carbocycles. The van der Waals surface area contributed by atoms with Gasteiger partial charge in [0.25, 0.3) is 5.91 Å². The van der Waals surface area contributed by atoms with Crippen molar-refractivity contribution in [3.63, 3.8) is 0 Å². The summed E-state index contributed by atoms with van der Waals surface area (Å²) in [4.78, 5) is 13.1. The average Bonchev–Trinajstić information content (AvgIpc) is 3.20. The Morgan fingerprint density at radius 3 is 2.21 bits per heavy atom. The Balaban J connectivity index is 1.46. The second-order valence-electron chi connectivity index (χ2n) is 6.93. The highest BCUT2D eigenvalue weighted by atomic mass is 16.5. The molecule has 0 unspecified atom stereocenters. The minimum atomic E-state index is -0.497. The molecule has 1 aliphatic heterocycles. The molecule has 0 atom stereocenters. The summed E-state index contributed by atoms with van der Waals surface area (Å²) in [6.45, 7) is 1.81. The molecular weight excluding hydrogens is 364 g/mol. The smallest absolute Gasteiger partial charge is 0.252 e. The highest BCUT2D eigenvalue weighted by Gasteiger charge is 2.32. The maximum Gasteiger partial charge on any atom is 0.252 e. The highest BCUT2D eigenvalue weighted by molar-refractivity contribution is 6.00. The van der Waals surface area contributed by atoms with Crippen molar-refractivity contribution >= 4 is 22.6 Å². The largest absolute Gasteiger partial charge is 0.457 e. The number of hydrazone groups is 1. The topological polar surface area (TPSA) is 63.8 Å². The first-order chi connectivity index (χ1) is 14.2. The molecule has 5 nitrogen and oxygen atoms in total. The van der Waals surface area contributed by atoms with Gasteiger partial charge in [-0.1, -0.05) is 54.6 Å². The van der Waals surface area contributed by atoms with Crippen LogP contribution in [-0.2, 0) is 4.79 Å². The Labute approximate surface area is 167 Å². The highest BCUT2D eigenvalue weighted by Crippen LogP contribution is 2.43. The van der Waals surface area contributed by atoms with Crippen molar-refractivity contribution in [3.05, 3.63) is 95.7 Å². The summed E-state index contributed by atoms with van der Waals surface area (Å²) in [7, 11) is 0. The van der Waals surface area contributed by atoms with E-state index < -0.39 is 5.92 Å². The zero-order valence-electron chi connectivity index (χ0n) is 15.8. The number of para-hydroxylation sites is 3. The number of nitrogens with zero attached hydrogens (tertiary/aromatic N) is 1. The molecule has 1 N–H and O–H groups in total. The normalized spacial score (nSPS) is 13.5. The fraction of sp³-hybridized carbons (Fsp3) is 0.0833. The maximum absolute atomic E-state index is 13.1. The van der Waals surface area contributed by atoms with Gasteiger partial charge in [-0.3, -0.25) is 4.79 Å². The fourth-order valence-corrected chi connectivity index (χ4v) is 3.61. The van der Waals surface area contributed by atoms with Crippen molar-refractivity contribution in [2.45, 2.75) is 12.8 Å². The van der Waals surface area contributed by atoms with Gasteiger partial charge in [-0.05, 0) is 31.2 Å². The Hall–Kier alpha value is -3.86. The van der Waals surface area contributed by atoms with E-state index in [-0.39, 0.29) is 5.91 Å². The van der Waals surface area contributed by atoms with E-state index >= 15 is 0 Å². The van der Waals surface area contributed by atoms with Crippen LogP contribution in [0.4, 0.5) is 0 Å². The molecule has 5 rings (SSSR count). The molecule has 142 valence electrons. The van der Waals surface area contributed by atoms with E-state index in [0.717, 1.165) is 22.1 Å². The number of carbonyl (C=O) groups excluding carboxylic acids is 1. The zero-order valence-corrected chi connectivity index (χ0v) is 15.8. The van der Waals surface area contributed by atoms with E-state index in [1.54, 1.807) is 0 Å². The molecule has 1 amide bonds. The van der Waals surface area contributed by atoms with Crippen molar-refractivity contribution < 1.29 is 13.9 Å². The van der Waals surface area contributed by atoms with E-state index in [4.69, 9.17) is 9.15 Å². The van der Waals surface area contributed by atoms with Crippen LogP contribution < -0.4 is 10.2 Å². The molecule has 0 fully saturated rings. The predicted octanol–water partition coefficient (Wildman–Crippen LogP) is 5.21. The van der Waals surface area contributed by atoms with Gasteiger partial charge >= 0.3 is 0 Å². The van der Waals surface area contributed by atoms with Crippen molar-refractivity contribution in [2.24, 2.45) is 5.10 Å². The first-order valence-corrected chi connectivity index (χ1v) is 9.39. The molecule has 5 heteroatoms. The third-order valence-electron chi connectivity index (χ3n) is 5.06. The summed E-state index contributed by atoms with van der Waals surface area (Å²) < 4.78 is 11.8. The Bertz CT molecular complexity index is 1180. The van der Waals surface area contributed by atoms with Gasteiger partial charge in [-0.15, -0.1) is 0 Å². The van der Waals surface area contributed by atoms with Crippen molar-refractivity contribution in [1.82, 2.24) is 5.43 Å². The SMILES string of the molecule is C/C(=N/NC(=O)C1c2ccccc2Oc2ccccc21)c1cc2ccccc2o1. The van der Waals surface area contributed by atoms with Gasteiger partial charge in [-0.25, -0.2) is 5.43 Å². The molecule has 1 aromatic heterocycles. The van der Waals surface area contributed by atoms with Gasteiger partial charge < -0.3 is 9.15 Å². The Morgan fingerprint density at radius 2 is 1.52 bits per heavy atom. The molecule has 0 radical (unpaired) electrons. The minimum Gasteiger partial charge on any atom is -0.457 e. The number of amides is 1. The van der Waals surface area contributed by atoms with E-state index in [1.165, 1.54) is 0 Å². The lowest BCUT2D eigenvalue weighted by molar-refractivity contribution is -0.121. The Morgan fingerprint density at radius 1 is 0.897 bits per heavy atom. The first-order valence-electron chi connectivity index (χ1n) is 9.39. The number of nitrogens with one attached hydrogen (secondary N) is 1. The molecule has 4 aromatic rings. The van der Waals surface area contributed by atoms with Gasteiger partial charge in [0.1, 0.15) is 22.8 Å². The van der Waals surface area contributed by atoms with E-state index in [0.29, 0.717) is 23.0 Å². The van der Waals surface area contributed by atoms with Crippen LogP contribution >= 0.6 is 0 Å². The van der Waals surface area contributed by atoms with Crippen molar-refractivity contribution in [1.29, 1.82) is 0 Å². The summed E-state index contributed by atoms with van der Waals surface area (Å²) in [6.07, 6.45) is 0. The third kappa shape index (κ3) is 3.06. The molecule has 29 heavy (non-hydrogen) atoms. The number of rotatable bonds is 3. The summed E-state index contributed by atoms with van der Waals surface area (Å²) in [6, 6.07) is 24.8. The molecule has 0 saturated heterocycles. The molecule has 0 bridgehead atoms. The molecule has 0 spiro atoms. The quantitative estimate of drug-likeness (QED) is 0.391. The van der Waals surface area contributed by atoms with Crippen LogP contribution in [0, 0.1) is 0 Å². The van der Waals surface area contributed by atoms with E-state index in [1.807, 2.05) is 85.8 Å². The number of ether oxygens (including phenoxy) is 1. The lowest BCUT2D eigenvalue weighted by atomic mass is 9.87. The van der Waals surface area contributed by atoms with E-state index in [2.05, 4.69) is 10.5 Å². The number of hydrogen-bond acceptors (Lipinski definition) is 4. The summed E-state index contributed by atoms with van der Waals surface area (Å²) in [5, 5.41) is 5.29. The minimum absolute atomic E-state index is 0.219. The zero-order chi connectivity index (χ0) is 19.8. The maximum atomic E-state index is 13.1. The monoisotopic (exact) mass is 382 g/mol. The van der Waals surface area contributed by atoms with Crippen LogP contribution in [-0.4, -0.2) is 11.6 Å². The Kier molecular flexibility index (Phi) is 4.13. The van der Waals surface area contributed by atoms with Crippen LogP contribution in [0.2, 0.25) is 0 Å². The van der Waals surface area contributed by atoms with Crippen molar-refractivity contribution in [2.75, 3.05) is 0 Å². The van der Waals surface area contributed by atoms with E-state index in [9.17, 15) is 4.79 Å². The molecule has 3 aromatic carbocycles. The van der Waals surface area contributed by atoms with Crippen LogP contribution in [0.15, 0.2) is 88.4 Å².